The Labute approximate surface area is 480 Å². The molecule has 4 aromatic carbocycles. The number of benzene rings is 4. The Hall–Kier alpha value is -10.8. The number of nitrogen functional groups attached to an aromatic ring is 2. The number of piperidine rings is 2. The van der Waals surface area contributed by atoms with Gasteiger partial charge in [-0.2, -0.15) is 10.2 Å². The molecule has 24 nitrogen and oxygen atoms in total. The van der Waals surface area contributed by atoms with E-state index in [4.69, 9.17) is 31.1 Å². The van der Waals surface area contributed by atoms with Gasteiger partial charge in [0.15, 0.2) is 11.3 Å². The number of rotatable bonds is 12. The van der Waals surface area contributed by atoms with Gasteiger partial charge in [0.2, 0.25) is 0 Å². The first-order chi connectivity index (χ1) is 41.0. The third kappa shape index (κ3) is 9.60. The molecule has 12 aromatic rings. The van der Waals surface area contributed by atoms with E-state index in [1.165, 1.54) is 12.7 Å². The molecule has 84 heavy (non-hydrogen) atoms. The number of nitrogens with one attached hydrogen (secondary N) is 4. The van der Waals surface area contributed by atoms with Gasteiger partial charge in [0.25, 0.3) is 11.8 Å². The van der Waals surface area contributed by atoms with Gasteiger partial charge in [-0.25, -0.2) is 39.3 Å². The zero-order valence-corrected chi connectivity index (χ0v) is 46.6. The van der Waals surface area contributed by atoms with Gasteiger partial charge in [0.05, 0.1) is 73.5 Å². The minimum Gasteiger partial charge on any atom is -0.495 e. The first-order valence-electron chi connectivity index (χ1n) is 27.6. The zero-order chi connectivity index (χ0) is 57.6. The van der Waals surface area contributed by atoms with Gasteiger partial charge >= 0.3 is 0 Å². The van der Waals surface area contributed by atoms with Crippen LogP contribution in [0, 0.1) is 0 Å². The fourth-order valence-electron chi connectivity index (χ4n) is 11.7. The predicted molar refractivity (Wildman–Crippen MR) is 323 cm³/mol. The highest BCUT2D eigenvalue weighted by Crippen LogP contribution is 2.40. The molecule has 0 atom stereocenters. The van der Waals surface area contributed by atoms with Crippen LogP contribution in [0.3, 0.4) is 0 Å². The number of nitrogens with zero attached hydrogens (tertiary/aromatic N) is 14. The topological polar surface area (TPSA) is 290 Å². The molecule has 14 rings (SSSR count). The van der Waals surface area contributed by atoms with Gasteiger partial charge < -0.3 is 60.5 Å². The van der Waals surface area contributed by atoms with Crippen LogP contribution in [0.4, 0.5) is 34.6 Å². The number of nitrogens with two attached hydrogens (primary N) is 2. The summed E-state index contributed by atoms with van der Waals surface area (Å²) in [5.74, 6) is 3.32. The standard InChI is InChI=1S/2C30H30N10O2/c2*1-38-22-6-4-3-5-18(22)13-23(38)30(41)36-21-8-7-19(14-24(21)42-2)27-26-28(31)34-17-35-29(26)40(37-27)20-9-11-39(12-10-20)25-15-32-16-33-25/h2*3-8,13-17,20H,9-12H2,1-2H3,(H,32,33)(H,36,41)(H2,31,34,35). The molecule has 0 aliphatic carbocycles. The van der Waals surface area contributed by atoms with Crippen LogP contribution in [0.25, 0.3) is 66.4 Å². The fourth-order valence-corrected chi connectivity index (χ4v) is 11.7. The number of carbonyl (C=O) groups is 2. The van der Waals surface area contributed by atoms with Crippen molar-refractivity contribution in [3.8, 4) is 34.0 Å². The van der Waals surface area contributed by atoms with Crippen molar-refractivity contribution in [2.45, 2.75) is 37.8 Å². The molecular formula is C60H60N20O4. The molecule has 2 fully saturated rings. The summed E-state index contributed by atoms with van der Waals surface area (Å²) >= 11 is 0. The number of fused-ring (bicyclic) bond motifs is 4. The Balaban J connectivity index is 0.000000157. The number of carbonyl (C=O) groups excluding carboxylic acids is 2. The number of methoxy groups -OCH3 is 2. The lowest BCUT2D eigenvalue weighted by Gasteiger charge is -2.32. The normalized spacial score (nSPS) is 14.1. The van der Waals surface area contributed by atoms with Gasteiger partial charge in [-0.3, -0.25) is 9.59 Å². The number of hydrogen-bond acceptors (Lipinski definition) is 16. The summed E-state index contributed by atoms with van der Waals surface area (Å²) in [4.78, 5) is 63.5. The lowest BCUT2D eigenvalue weighted by Crippen LogP contribution is -2.35. The second-order valence-electron chi connectivity index (χ2n) is 20.8. The summed E-state index contributed by atoms with van der Waals surface area (Å²) in [6.45, 7) is 3.46. The van der Waals surface area contributed by atoms with Gasteiger partial charge in [0.1, 0.15) is 70.2 Å². The van der Waals surface area contributed by atoms with E-state index in [0.717, 1.165) is 96.4 Å². The van der Waals surface area contributed by atoms with Crippen molar-refractivity contribution in [1.82, 2.24) is 68.6 Å². The Bertz CT molecular complexity index is 4110. The van der Waals surface area contributed by atoms with E-state index in [-0.39, 0.29) is 23.9 Å². The molecule has 2 aliphatic heterocycles. The summed E-state index contributed by atoms with van der Waals surface area (Å²) in [7, 11) is 6.92. The van der Waals surface area contributed by atoms with Crippen LogP contribution in [-0.2, 0) is 14.1 Å². The van der Waals surface area contributed by atoms with Gasteiger partial charge in [0, 0.05) is 73.2 Å². The van der Waals surface area contributed by atoms with Crippen LogP contribution in [0.15, 0.2) is 135 Å². The minimum absolute atomic E-state index is 0.149. The molecule has 8 N–H and O–H groups in total. The second-order valence-corrected chi connectivity index (χ2v) is 20.8. The van der Waals surface area contributed by atoms with E-state index in [0.29, 0.717) is 79.4 Å². The number of anilines is 6. The van der Waals surface area contributed by atoms with Crippen molar-refractivity contribution in [2.24, 2.45) is 14.1 Å². The summed E-state index contributed by atoms with van der Waals surface area (Å²) in [6.07, 6.45) is 13.6. The van der Waals surface area contributed by atoms with Crippen molar-refractivity contribution < 1.29 is 19.1 Å². The van der Waals surface area contributed by atoms with Crippen LogP contribution in [0.2, 0.25) is 0 Å². The molecule has 0 radical (unpaired) electrons. The van der Waals surface area contributed by atoms with E-state index in [2.05, 4.69) is 60.3 Å². The monoisotopic (exact) mass is 1120 g/mol. The fraction of sp³-hybridized carbons (Fsp3) is 0.233. The maximum absolute atomic E-state index is 13.3. The Kier molecular flexibility index (Phi) is 13.7. The third-order valence-corrected chi connectivity index (χ3v) is 16.1. The van der Waals surface area contributed by atoms with Crippen molar-refractivity contribution in [1.29, 1.82) is 0 Å². The molecule has 0 bridgehead atoms. The number of ether oxygens (including phenoxy) is 2. The number of imidazole rings is 2. The minimum atomic E-state index is -0.228. The highest BCUT2D eigenvalue weighted by Gasteiger charge is 2.30. The highest BCUT2D eigenvalue weighted by molar-refractivity contribution is 6.09. The number of para-hydroxylation sites is 2. The molecular weight excluding hydrogens is 1060 g/mol. The molecule has 2 saturated heterocycles. The van der Waals surface area contributed by atoms with Gasteiger partial charge in [-0.15, -0.1) is 0 Å². The van der Waals surface area contributed by atoms with Crippen molar-refractivity contribution >= 4 is 90.3 Å². The summed E-state index contributed by atoms with van der Waals surface area (Å²) < 4.78 is 19.2. The van der Waals surface area contributed by atoms with Crippen LogP contribution in [0.5, 0.6) is 11.5 Å². The average molecular weight is 1130 g/mol. The Morgan fingerprint density at radius 1 is 0.560 bits per heavy atom. The predicted octanol–water partition coefficient (Wildman–Crippen LogP) is 8.79. The van der Waals surface area contributed by atoms with E-state index < -0.39 is 0 Å². The Morgan fingerprint density at radius 3 is 1.36 bits per heavy atom. The zero-order valence-electron chi connectivity index (χ0n) is 46.6. The largest absolute Gasteiger partial charge is 0.495 e. The molecule has 0 saturated carbocycles. The number of aryl methyl sites for hydroxylation is 2. The number of hydrogen-bond donors (Lipinski definition) is 6. The van der Waals surface area contributed by atoms with Crippen molar-refractivity contribution in [2.75, 3.05) is 72.3 Å². The third-order valence-electron chi connectivity index (χ3n) is 16.1. The highest BCUT2D eigenvalue weighted by atomic mass is 16.5. The van der Waals surface area contributed by atoms with Crippen LogP contribution < -0.4 is 41.4 Å². The van der Waals surface area contributed by atoms with E-state index in [9.17, 15) is 9.59 Å². The van der Waals surface area contributed by atoms with Crippen LogP contribution in [-0.4, -0.2) is 121 Å². The van der Waals surface area contributed by atoms with Crippen molar-refractivity contribution in [3.63, 3.8) is 0 Å². The lowest BCUT2D eigenvalue weighted by molar-refractivity contribution is 0.101. The van der Waals surface area contributed by atoms with Crippen LogP contribution >= 0.6 is 0 Å². The van der Waals surface area contributed by atoms with E-state index in [1.54, 1.807) is 26.9 Å². The molecule has 24 heteroatoms. The molecule has 0 spiro atoms. The van der Waals surface area contributed by atoms with Gasteiger partial charge in [-0.05, 0) is 74.2 Å². The van der Waals surface area contributed by atoms with Crippen molar-refractivity contribution in [3.05, 3.63) is 146 Å². The molecule has 2 aliphatic rings. The number of amides is 2. The average Bonchev–Trinajstić information content (AvgIpc) is 4.31. The maximum atomic E-state index is 13.3. The summed E-state index contributed by atoms with van der Waals surface area (Å²) in [5, 5.41) is 19.5. The lowest BCUT2D eigenvalue weighted by atomic mass is 10.1. The molecule has 8 aromatic heterocycles. The summed E-state index contributed by atoms with van der Waals surface area (Å²) in [6, 6.07) is 31.0. The summed E-state index contributed by atoms with van der Waals surface area (Å²) in [5.41, 5.74) is 21.3. The van der Waals surface area contributed by atoms with E-state index >= 15 is 0 Å². The number of aromatic nitrogens is 14. The number of H-pyrrole nitrogens is 2. The molecule has 0 unspecified atom stereocenters. The molecule has 10 heterocycles. The quantitative estimate of drug-likeness (QED) is 0.0666. The maximum Gasteiger partial charge on any atom is 0.272 e. The number of aromatic amines is 2. The molecule has 2 amide bonds. The Morgan fingerprint density at radius 2 is 0.976 bits per heavy atom. The smallest absolute Gasteiger partial charge is 0.272 e. The second kappa shape index (κ2) is 21.9. The van der Waals surface area contributed by atoms with E-state index in [1.807, 2.05) is 142 Å². The molecule has 424 valence electrons. The first kappa shape index (κ1) is 52.6. The van der Waals surface area contributed by atoms with Gasteiger partial charge in [-0.1, -0.05) is 48.5 Å². The first-order valence-corrected chi connectivity index (χ1v) is 27.6. The van der Waals surface area contributed by atoms with Crippen LogP contribution in [0.1, 0.15) is 58.7 Å². The SMILES string of the molecule is COc1cc(-c2nn(C3CCN(c4cnc[nH]4)CC3)c3ncnc(N)c23)ccc1NC(=O)c1cc2ccccc2n1C.COc1cc(-c2nn(C3CCN(c4cnc[nH]4)CC3)c3ncnc(N)c23)ccc1NC(=O)c1cc2ccccc2n1C.